The summed E-state index contributed by atoms with van der Waals surface area (Å²) < 4.78 is 42.1. The summed E-state index contributed by atoms with van der Waals surface area (Å²) in [6.07, 6.45) is 0. The Balaban J connectivity index is 4.64. The molecule has 0 spiro atoms. The van der Waals surface area contributed by atoms with Crippen molar-refractivity contribution in [2.45, 2.75) is 5.25 Å². The van der Waals surface area contributed by atoms with Crippen LogP contribution >= 0.6 is 33.0 Å². The first-order valence-electron chi connectivity index (χ1n) is 2.58. The predicted octanol–water partition coefficient (Wildman–Crippen LogP) is 0.731. The highest BCUT2D eigenvalue weighted by atomic mass is 35.7. The molecule has 0 amide bonds. The average Bonchev–Trinajstić information content (AvgIpc) is 1.78. The molecule has 0 heterocycles. The fraction of sp³-hybridized carbons (Fsp3) is 1.00. The largest absolute Gasteiger partial charge is 0.237 e. The average molecular weight is 276 g/mol. The van der Waals surface area contributed by atoms with Gasteiger partial charge in [-0.15, -0.1) is 11.6 Å². The van der Waals surface area contributed by atoms with Gasteiger partial charge in [-0.25, -0.2) is 16.8 Å². The second-order valence-corrected chi connectivity index (χ2v) is 8.00. The molecule has 0 aliphatic rings. The lowest BCUT2D eigenvalue weighted by Gasteiger charge is -2.06. The Morgan fingerprint density at radius 2 is 1.50 bits per heavy atom. The minimum atomic E-state index is -3.97. The first kappa shape index (κ1) is 12.8. The molecule has 0 saturated heterocycles. The van der Waals surface area contributed by atoms with E-state index >= 15 is 0 Å². The summed E-state index contributed by atoms with van der Waals surface area (Å²) in [6.45, 7) is 0. The molecule has 12 heavy (non-hydrogen) atoms. The molecule has 1 atom stereocenters. The van der Waals surface area contributed by atoms with Crippen LogP contribution < -0.4 is 0 Å². The molecule has 4 nitrogen and oxygen atoms in total. The van der Waals surface area contributed by atoms with E-state index in [1.807, 2.05) is 0 Å². The van der Waals surface area contributed by atoms with Crippen LogP contribution in [-0.4, -0.2) is 33.7 Å². The second kappa shape index (κ2) is 4.32. The third-order valence-electron chi connectivity index (χ3n) is 0.955. The van der Waals surface area contributed by atoms with Crippen molar-refractivity contribution in [2.24, 2.45) is 0 Å². The Kier molecular flexibility index (Phi) is 4.60. The van der Waals surface area contributed by atoms with Crippen LogP contribution in [0.15, 0.2) is 0 Å². The van der Waals surface area contributed by atoms with E-state index in [4.69, 9.17) is 33.0 Å². The first-order valence-corrected chi connectivity index (χ1v) is 7.97. The molecule has 0 aromatic heterocycles. The molecule has 0 fully saturated rings. The third-order valence-corrected chi connectivity index (χ3v) is 4.79. The third kappa shape index (κ3) is 5.42. The Bertz CT molecular complexity index is 331. The summed E-state index contributed by atoms with van der Waals surface area (Å²) >= 11 is 5.17. The Labute approximate surface area is 84.6 Å². The SMILES string of the molecule is O=S(=O)(Cl)CC(CCl)S(=O)(=O)Cl. The van der Waals surface area contributed by atoms with Crippen LogP contribution in [0.2, 0.25) is 0 Å². The van der Waals surface area contributed by atoms with E-state index < -0.39 is 35.0 Å². The normalized spacial score (nSPS) is 15.9. The lowest BCUT2D eigenvalue weighted by Crippen LogP contribution is -2.25. The van der Waals surface area contributed by atoms with Crippen LogP contribution in [0.25, 0.3) is 0 Å². The van der Waals surface area contributed by atoms with E-state index in [9.17, 15) is 16.8 Å². The number of rotatable bonds is 4. The van der Waals surface area contributed by atoms with Crippen LogP contribution in [0.3, 0.4) is 0 Å². The molecular formula is C3H5Cl3O4S2. The van der Waals surface area contributed by atoms with Gasteiger partial charge in [-0.1, -0.05) is 0 Å². The number of hydrogen-bond donors (Lipinski definition) is 0. The molecule has 0 aliphatic heterocycles. The second-order valence-electron chi connectivity index (χ2n) is 1.96. The standard InChI is InChI=1S/C3H5Cl3O4S2/c4-1-3(12(6,9)10)2-11(5,7)8/h3H,1-2H2. The van der Waals surface area contributed by atoms with Crippen molar-refractivity contribution in [1.82, 2.24) is 0 Å². The molecule has 0 bridgehead atoms. The van der Waals surface area contributed by atoms with Gasteiger partial charge in [0.25, 0.3) is 0 Å². The summed E-state index contributed by atoms with van der Waals surface area (Å²) in [4.78, 5) is 0. The maximum absolute atomic E-state index is 10.6. The Morgan fingerprint density at radius 1 is 1.08 bits per heavy atom. The number of hydrogen-bond acceptors (Lipinski definition) is 4. The molecule has 0 aromatic rings. The van der Waals surface area contributed by atoms with Gasteiger partial charge in [0.1, 0.15) is 5.25 Å². The van der Waals surface area contributed by atoms with E-state index in [0.29, 0.717) is 0 Å². The molecule has 0 N–H and O–H groups in total. The van der Waals surface area contributed by atoms with Crippen LogP contribution in [-0.2, 0) is 18.1 Å². The van der Waals surface area contributed by atoms with Crippen molar-refractivity contribution in [3.63, 3.8) is 0 Å². The van der Waals surface area contributed by atoms with Gasteiger partial charge in [-0.05, 0) is 0 Å². The minimum absolute atomic E-state index is 0.405. The monoisotopic (exact) mass is 274 g/mol. The van der Waals surface area contributed by atoms with E-state index in [0.717, 1.165) is 0 Å². The lowest BCUT2D eigenvalue weighted by atomic mass is 10.6. The smallest absolute Gasteiger partial charge is 0.212 e. The fourth-order valence-corrected chi connectivity index (χ4v) is 4.58. The van der Waals surface area contributed by atoms with Gasteiger partial charge >= 0.3 is 0 Å². The van der Waals surface area contributed by atoms with Crippen molar-refractivity contribution in [2.75, 3.05) is 11.6 Å². The van der Waals surface area contributed by atoms with Crippen LogP contribution in [0, 0.1) is 0 Å². The quantitative estimate of drug-likeness (QED) is 0.560. The van der Waals surface area contributed by atoms with Crippen LogP contribution in [0.5, 0.6) is 0 Å². The van der Waals surface area contributed by atoms with Gasteiger partial charge in [0.15, 0.2) is 0 Å². The van der Waals surface area contributed by atoms with Crippen LogP contribution in [0.4, 0.5) is 0 Å². The molecular weight excluding hydrogens is 271 g/mol. The zero-order valence-electron chi connectivity index (χ0n) is 5.57. The van der Waals surface area contributed by atoms with Gasteiger partial charge in [0, 0.05) is 27.2 Å². The Hall–Kier alpha value is 0.770. The van der Waals surface area contributed by atoms with Gasteiger partial charge in [0.05, 0.1) is 5.75 Å². The molecule has 0 aromatic carbocycles. The summed E-state index contributed by atoms with van der Waals surface area (Å²) in [7, 11) is 1.81. The summed E-state index contributed by atoms with van der Waals surface area (Å²) in [6, 6.07) is 0. The molecule has 0 radical (unpaired) electrons. The molecule has 74 valence electrons. The molecule has 0 aliphatic carbocycles. The topological polar surface area (TPSA) is 68.3 Å². The van der Waals surface area contributed by atoms with Crippen molar-refractivity contribution >= 4 is 51.1 Å². The van der Waals surface area contributed by atoms with Gasteiger partial charge in [-0.2, -0.15) is 0 Å². The fourth-order valence-electron chi connectivity index (χ4n) is 0.423. The maximum atomic E-state index is 10.6. The van der Waals surface area contributed by atoms with E-state index in [1.54, 1.807) is 0 Å². The van der Waals surface area contributed by atoms with E-state index in [2.05, 4.69) is 0 Å². The maximum Gasteiger partial charge on any atom is 0.237 e. The Morgan fingerprint density at radius 3 is 1.58 bits per heavy atom. The summed E-state index contributed by atoms with van der Waals surface area (Å²) in [5, 5.41) is -1.36. The zero-order valence-corrected chi connectivity index (χ0v) is 9.48. The molecule has 9 heteroatoms. The number of halogens is 3. The number of alkyl halides is 1. The van der Waals surface area contributed by atoms with E-state index in [1.165, 1.54) is 0 Å². The van der Waals surface area contributed by atoms with Crippen molar-refractivity contribution in [3.8, 4) is 0 Å². The zero-order chi connectivity index (χ0) is 9.99. The highest BCUT2D eigenvalue weighted by molar-refractivity contribution is 8.17. The first-order chi connectivity index (χ1) is 5.17. The van der Waals surface area contributed by atoms with Gasteiger partial charge in [0.2, 0.25) is 18.1 Å². The summed E-state index contributed by atoms with van der Waals surface area (Å²) in [5.41, 5.74) is 0. The van der Waals surface area contributed by atoms with Crippen molar-refractivity contribution in [1.29, 1.82) is 0 Å². The summed E-state index contributed by atoms with van der Waals surface area (Å²) in [5.74, 6) is -1.18. The highest BCUT2D eigenvalue weighted by Crippen LogP contribution is 2.13. The van der Waals surface area contributed by atoms with Gasteiger partial charge in [-0.3, -0.25) is 0 Å². The van der Waals surface area contributed by atoms with Crippen molar-refractivity contribution in [3.05, 3.63) is 0 Å². The molecule has 0 saturated carbocycles. The lowest BCUT2D eigenvalue weighted by molar-refractivity contribution is 0.593. The highest BCUT2D eigenvalue weighted by Gasteiger charge is 2.27. The van der Waals surface area contributed by atoms with Crippen LogP contribution in [0.1, 0.15) is 0 Å². The van der Waals surface area contributed by atoms with E-state index in [-0.39, 0.29) is 0 Å². The van der Waals surface area contributed by atoms with Gasteiger partial charge < -0.3 is 0 Å². The minimum Gasteiger partial charge on any atom is -0.212 e. The molecule has 0 rings (SSSR count). The molecule has 1 unspecified atom stereocenters. The van der Waals surface area contributed by atoms with Crippen molar-refractivity contribution < 1.29 is 16.8 Å². The predicted molar refractivity (Wildman–Crippen MR) is 48.9 cm³/mol.